The van der Waals surface area contributed by atoms with Crippen molar-refractivity contribution in [3.05, 3.63) is 34.9 Å². The van der Waals surface area contributed by atoms with Crippen LogP contribution in [0.2, 0.25) is 0 Å². The van der Waals surface area contributed by atoms with Crippen LogP contribution in [0.15, 0.2) is 18.2 Å². The summed E-state index contributed by atoms with van der Waals surface area (Å²) in [4.78, 5) is 14.2. The van der Waals surface area contributed by atoms with Crippen LogP contribution in [0.5, 0.6) is 0 Å². The van der Waals surface area contributed by atoms with E-state index >= 15 is 0 Å². The number of aliphatic hydroxyl groups excluding tert-OH is 1. The summed E-state index contributed by atoms with van der Waals surface area (Å²) < 4.78 is 0. The molecule has 1 atom stereocenters. The largest absolute Gasteiger partial charge is 0.394 e. The second kappa shape index (κ2) is 4.71. The second-order valence-electron chi connectivity index (χ2n) is 5.06. The monoisotopic (exact) mass is 246 g/mol. The Bertz CT molecular complexity index is 473. The Hall–Kier alpha value is -1.39. The number of nitrogens with zero attached hydrogens (tertiary/aromatic N) is 1. The molecule has 2 heterocycles. The molecule has 4 nitrogen and oxygen atoms in total. The molecule has 2 aliphatic rings. The van der Waals surface area contributed by atoms with Gasteiger partial charge in [0.05, 0.1) is 12.6 Å². The van der Waals surface area contributed by atoms with Crippen molar-refractivity contribution in [2.75, 3.05) is 13.2 Å². The van der Waals surface area contributed by atoms with Gasteiger partial charge in [-0.15, -0.1) is 0 Å². The fourth-order valence-corrected chi connectivity index (χ4v) is 2.89. The van der Waals surface area contributed by atoms with Crippen LogP contribution in [-0.4, -0.2) is 35.1 Å². The van der Waals surface area contributed by atoms with Crippen LogP contribution in [0.25, 0.3) is 0 Å². The van der Waals surface area contributed by atoms with Crippen LogP contribution in [0.1, 0.15) is 34.3 Å². The standard InChI is InChI=1S/C14H18N2O2/c17-9-13-2-1-5-16(13)14(18)10-3-4-11-7-15-8-12(11)6-10/h3-4,6,13,15,17H,1-2,5,7-9H2/t13-/m0/s1. The Morgan fingerprint density at radius 2 is 2.22 bits per heavy atom. The van der Waals surface area contributed by atoms with Crippen molar-refractivity contribution in [3.8, 4) is 0 Å². The van der Waals surface area contributed by atoms with E-state index in [1.807, 2.05) is 23.1 Å². The van der Waals surface area contributed by atoms with Gasteiger partial charge in [-0.3, -0.25) is 4.79 Å². The maximum absolute atomic E-state index is 12.4. The van der Waals surface area contributed by atoms with Gasteiger partial charge >= 0.3 is 0 Å². The lowest BCUT2D eigenvalue weighted by Gasteiger charge is -2.23. The number of hydrogen-bond acceptors (Lipinski definition) is 3. The van der Waals surface area contributed by atoms with E-state index in [1.54, 1.807) is 0 Å². The molecule has 1 amide bonds. The lowest BCUT2D eigenvalue weighted by molar-refractivity contribution is 0.0677. The van der Waals surface area contributed by atoms with E-state index in [2.05, 4.69) is 5.32 Å². The van der Waals surface area contributed by atoms with Crippen molar-refractivity contribution >= 4 is 5.91 Å². The van der Waals surface area contributed by atoms with Gasteiger partial charge in [0.1, 0.15) is 0 Å². The molecule has 18 heavy (non-hydrogen) atoms. The molecule has 4 heteroatoms. The summed E-state index contributed by atoms with van der Waals surface area (Å²) in [7, 11) is 0. The van der Waals surface area contributed by atoms with Crippen LogP contribution in [0.3, 0.4) is 0 Å². The number of carbonyl (C=O) groups is 1. The zero-order valence-corrected chi connectivity index (χ0v) is 10.4. The second-order valence-corrected chi connectivity index (χ2v) is 5.06. The van der Waals surface area contributed by atoms with Gasteiger partial charge in [-0.25, -0.2) is 0 Å². The smallest absolute Gasteiger partial charge is 0.254 e. The van der Waals surface area contributed by atoms with Gasteiger partial charge < -0.3 is 15.3 Å². The molecule has 1 aromatic carbocycles. The minimum absolute atomic E-state index is 0.00359. The summed E-state index contributed by atoms with van der Waals surface area (Å²) >= 11 is 0. The average Bonchev–Trinajstić information content (AvgIpc) is 3.05. The third-order valence-electron chi connectivity index (χ3n) is 3.93. The van der Waals surface area contributed by atoms with Crippen molar-refractivity contribution in [3.63, 3.8) is 0 Å². The van der Waals surface area contributed by atoms with E-state index in [9.17, 15) is 9.90 Å². The fraction of sp³-hybridized carbons (Fsp3) is 0.500. The van der Waals surface area contributed by atoms with Gasteiger partial charge in [-0.1, -0.05) is 6.07 Å². The highest BCUT2D eigenvalue weighted by Gasteiger charge is 2.29. The van der Waals surface area contributed by atoms with Crippen molar-refractivity contribution < 1.29 is 9.90 Å². The molecule has 0 spiro atoms. The van der Waals surface area contributed by atoms with Crippen molar-refractivity contribution in [2.45, 2.75) is 32.0 Å². The molecule has 2 aliphatic heterocycles. The summed E-state index contributed by atoms with van der Waals surface area (Å²) in [5, 5.41) is 12.6. The number of amides is 1. The van der Waals surface area contributed by atoms with E-state index in [1.165, 1.54) is 11.1 Å². The summed E-state index contributed by atoms with van der Waals surface area (Å²) in [6.07, 6.45) is 1.90. The Balaban J connectivity index is 1.84. The van der Waals surface area contributed by atoms with Gasteiger partial charge in [-0.2, -0.15) is 0 Å². The number of benzene rings is 1. The summed E-state index contributed by atoms with van der Waals surface area (Å²) in [6.45, 7) is 2.57. The van der Waals surface area contributed by atoms with Gasteiger partial charge in [0.2, 0.25) is 0 Å². The molecule has 1 saturated heterocycles. The van der Waals surface area contributed by atoms with Crippen LogP contribution in [0, 0.1) is 0 Å². The van der Waals surface area contributed by atoms with Gasteiger partial charge in [0.25, 0.3) is 5.91 Å². The minimum atomic E-state index is 0.00359. The van der Waals surface area contributed by atoms with Crippen LogP contribution in [-0.2, 0) is 13.1 Å². The first kappa shape index (κ1) is 11.7. The molecule has 0 aliphatic carbocycles. The van der Waals surface area contributed by atoms with E-state index in [0.29, 0.717) is 0 Å². The normalized spacial score (nSPS) is 22.3. The fourth-order valence-electron chi connectivity index (χ4n) is 2.89. The van der Waals surface area contributed by atoms with Gasteiger partial charge in [0, 0.05) is 25.2 Å². The molecular weight excluding hydrogens is 228 g/mol. The van der Waals surface area contributed by atoms with E-state index in [-0.39, 0.29) is 18.6 Å². The third kappa shape index (κ3) is 1.91. The first-order valence-electron chi connectivity index (χ1n) is 6.54. The van der Waals surface area contributed by atoms with Crippen molar-refractivity contribution in [1.29, 1.82) is 0 Å². The quantitative estimate of drug-likeness (QED) is 0.814. The highest BCUT2D eigenvalue weighted by atomic mass is 16.3. The molecule has 0 saturated carbocycles. The maximum atomic E-state index is 12.4. The van der Waals surface area contributed by atoms with E-state index < -0.39 is 0 Å². The molecule has 3 rings (SSSR count). The zero-order chi connectivity index (χ0) is 12.5. The number of carbonyl (C=O) groups excluding carboxylic acids is 1. The van der Waals surface area contributed by atoms with Crippen molar-refractivity contribution in [2.24, 2.45) is 0 Å². The van der Waals surface area contributed by atoms with E-state index in [0.717, 1.165) is 38.0 Å². The van der Waals surface area contributed by atoms with Crippen molar-refractivity contribution in [1.82, 2.24) is 10.2 Å². The lowest BCUT2D eigenvalue weighted by atomic mass is 10.1. The summed E-state index contributed by atoms with van der Waals surface area (Å²) in [5.74, 6) is 0.0567. The SMILES string of the molecule is O=C(c1ccc2c(c1)CNC2)N1CCC[C@H]1CO. The molecule has 96 valence electrons. The topological polar surface area (TPSA) is 52.6 Å². The highest BCUT2D eigenvalue weighted by molar-refractivity contribution is 5.95. The first-order valence-corrected chi connectivity index (χ1v) is 6.54. The Kier molecular flexibility index (Phi) is 3.06. The Morgan fingerprint density at radius 3 is 3.06 bits per heavy atom. The number of rotatable bonds is 2. The van der Waals surface area contributed by atoms with Crippen LogP contribution < -0.4 is 5.32 Å². The minimum Gasteiger partial charge on any atom is -0.394 e. The van der Waals surface area contributed by atoms with Crippen LogP contribution >= 0.6 is 0 Å². The molecule has 0 aromatic heterocycles. The number of hydrogen-bond donors (Lipinski definition) is 2. The number of nitrogens with one attached hydrogen (secondary N) is 1. The Labute approximate surface area is 107 Å². The Morgan fingerprint density at radius 1 is 1.39 bits per heavy atom. The molecule has 1 aromatic rings. The lowest BCUT2D eigenvalue weighted by Crippen LogP contribution is -2.37. The number of fused-ring (bicyclic) bond motifs is 1. The molecule has 1 fully saturated rings. The third-order valence-corrected chi connectivity index (χ3v) is 3.93. The molecule has 2 N–H and O–H groups in total. The predicted octanol–water partition coefficient (Wildman–Crippen LogP) is 0.887. The molecule has 0 unspecified atom stereocenters. The summed E-state index contributed by atoms with van der Waals surface area (Å²) in [5.41, 5.74) is 3.25. The molecule has 0 bridgehead atoms. The predicted molar refractivity (Wildman–Crippen MR) is 68.1 cm³/mol. The average molecular weight is 246 g/mol. The maximum Gasteiger partial charge on any atom is 0.254 e. The van der Waals surface area contributed by atoms with E-state index in [4.69, 9.17) is 0 Å². The van der Waals surface area contributed by atoms with Crippen LogP contribution in [0.4, 0.5) is 0 Å². The van der Waals surface area contributed by atoms with Gasteiger partial charge in [-0.05, 0) is 36.1 Å². The number of likely N-dealkylation sites (tertiary alicyclic amines) is 1. The molecule has 0 radical (unpaired) electrons. The first-order chi connectivity index (χ1) is 8.79. The molecular formula is C14H18N2O2. The highest BCUT2D eigenvalue weighted by Crippen LogP contribution is 2.22. The summed E-state index contributed by atoms with van der Waals surface area (Å²) in [6, 6.07) is 5.93. The van der Waals surface area contributed by atoms with Gasteiger partial charge in [0.15, 0.2) is 0 Å². The zero-order valence-electron chi connectivity index (χ0n) is 10.4. The number of aliphatic hydroxyl groups is 1.